The second kappa shape index (κ2) is 7.70. The van der Waals surface area contributed by atoms with Crippen LogP contribution in [0.4, 0.5) is 11.6 Å². The van der Waals surface area contributed by atoms with Crippen molar-refractivity contribution in [1.82, 2.24) is 15.0 Å². The minimum Gasteiger partial charge on any atom is -0.324 e. The van der Waals surface area contributed by atoms with Gasteiger partial charge in [-0.2, -0.15) is 9.97 Å². The van der Waals surface area contributed by atoms with Gasteiger partial charge in [-0.3, -0.25) is 0 Å². The second-order valence-corrected chi connectivity index (χ2v) is 7.83. The maximum Gasteiger partial charge on any atom is 0.230 e. The number of anilines is 2. The van der Waals surface area contributed by atoms with E-state index in [0.29, 0.717) is 12.4 Å². The zero-order chi connectivity index (χ0) is 20.6. The molecule has 0 unspecified atom stereocenters. The fraction of sp³-hybridized carbons (Fsp3) is 0.375. The lowest BCUT2D eigenvalue weighted by Gasteiger charge is -2.16. The number of aryl methyl sites for hydroxylation is 3. The van der Waals surface area contributed by atoms with E-state index in [1.807, 2.05) is 6.92 Å². The molecule has 0 spiro atoms. The molecule has 0 aliphatic carbocycles. The van der Waals surface area contributed by atoms with E-state index >= 15 is 0 Å². The zero-order valence-electron chi connectivity index (χ0n) is 18.3. The van der Waals surface area contributed by atoms with Crippen molar-refractivity contribution in [3.8, 4) is 0 Å². The van der Waals surface area contributed by atoms with E-state index in [0.717, 1.165) is 17.3 Å². The van der Waals surface area contributed by atoms with E-state index in [-0.39, 0.29) is 0 Å². The highest BCUT2D eigenvalue weighted by Crippen LogP contribution is 2.27. The number of rotatable bonds is 4. The van der Waals surface area contributed by atoms with Crippen LogP contribution in [-0.2, 0) is 6.42 Å². The predicted octanol–water partition coefficient (Wildman–Crippen LogP) is 5.67. The number of hydrogen-bond acceptors (Lipinski definition) is 4. The molecule has 2 aromatic carbocycles. The summed E-state index contributed by atoms with van der Waals surface area (Å²) in [5.74, 6) is 2.13. The Balaban J connectivity index is 1.94. The molecule has 0 radical (unpaired) electrons. The van der Waals surface area contributed by atoms with Gasteiger partial charge in [0.25, 0.3) is 0 Å². The van der Waals surface area contributed by atoms with Crippen LogP contribution >= 0.6 is 0 Å². The van der Waals surface area contributed by atoms with Crippen LogP contribution in [0.15, 0.2) is 18.2 Å². The predicted molar refractivity (Wildman–Crippen MR) is 117 cm³/mol. The van der Waals surface area contributed by atoms with Crippen LogP contribution in [0.2, 0.25) is 0 Å². The molecule has 28 heavy (non-hydrogen) atoms. The molecule has 146 valence electrons. The Morgan fingerprint density at radius 2 is 1.36 bits per heavy atom. The van der Waals surface area contributed by atoms with Crippen molar-refractivity contribution in [2.75, 3.05) is 5.32 Å². The Morgan fingerprint density at radius 1 is 0.679 bits per heavy atom. The van der Waals surface area contributed by atoms with Crippen LogP contribution in [-0.4, -0.2) is 15.0 Å². The molecular weight excluding hydrogens is 344 g/mol. The molecule has 1 aromatic heterocycles. The Morgan fingerprint density at radius 3 is 2.07 bits per heavy atom. The first kappa shape index (κ1) is 20.0. The average Bonchev–Trinajstić information content (AvgIpc) is 2.64. The minimum absolute atomic E-state index is 0.606. The molecule has 0 aliphatic heterocycles. The van der Waals surface area contributed by atoms with Gasteiger partial charge in [0.2, 0.25) is 5.95 Å². The zero-order valence-corrected chi connectivity index (χ0v) is 18.3. The molecule has 0 bridgehead atoms. The smallest absolute Gasteiger partial charge is 0.230 e. The van der Waals surface area contributed by atoms with Crippen molar-refractivity contribution in [1.29, 1.82) is 0 Å². The first-order chi connectivity index (χ1) is 13.2. The summed E-state index contributed by atoms with van der Waals surface area (Å²) >= 11 is 0. The molecule has 4 nitrogen and oxygen atoms in total. The largest absolute Gasteiger partial charge is 0.324 e. The Labute approximate surface area is 168 Å². The van der Waals surface area contributed by atoms with Gasteiger partial charge in [-0.05, 0) is 106 Å². The van der Waals surface area contributed by atoms with E-state index < -0.39 is 0 Å². The molecular formula is C24H30N4. The summed E-state index contributed by atoms with van der Waals surface area (Å²) in [5, 5.41) is 3.42. The minimum atomic E-state index is 0.606. The van der Waals surface area contributed by atoms with Gasteiger partial charge >= 0.3 is 0 Å². The van der Waals surface area contributed by atoms with Gasteiger partial charge in [0.1, 0.15) is 11.6 Å². The van der Waals surface area contributed by atoms with Gasteiger partial charge in [-0.1, -0.05) is 12.1 Å². The maximum absolute atomic E-state index is 4.71. The number of hydrogen-bond donors (Lipinski definition) is 1. The molecule has 1 N–H and O–H groups in total. The quantitative estimate of drug-likeness (QED) is 0.639. The maximum atomic E-state index is 4.71. The molecule has 0 aliphatic rings. The van der Waals surface area contributed by atoms with Crippen molar-refractivity contribution in [2.45, 2.75) is 61.8 Å². The molecule has 0 saturated heterocycles. The molecule has 3 aromatic rings. The standard InChI is InChI=1S/C24H30N4/c1-13-9-10-21(18(6)15(13)3)12-23-25-20(8)26-24(28-23)27-22-11-14(2)16(4)17(5)19(22)7/h9-11H,12H2,1-8H3,(H,25,26,27,28). The topological polar surface area (TPSA) is 50.7 Å². The highest BCUT2D eigenvalue weighted by molar-refractivity contribution is 5.63. The summed E-state index contributed by atoms with van der Waals surface area (Å²) in [6.45, 7) is 17.0. The van der Waals surface area contributed by atoms with Gasteiger partial charge in [-0.25, -0.2) is 4.98 Å². The summed E-state index contributed by atoms with van der Waals surface area (Å²) in [7, 11) is 0. The third-order valence-electron chi connectivity index (χ3n) is 6.04. The molecule has 4 heteroatoms. The van der Waals surface area contributed by atoms with Gasteiger partial charge in [0.05, 0.1) is 0 Å². The number of benzene rings is 2. The fourth-order valence-corrected chi connectivity index (χ4v) is 3.51. The number of nitrogens with zero attached hydrogens (tertiary/aromatic N) is 3. The van der Waals surface area contributed by atoms with Crippen LogP contribution in [0, 0.1) is 55.4 Å². The normalized spacial score (nSPS) is 11.0. The summed E-state index contributed by atoms with van der Waals surface area (Å²) in [6.07, 6.45) is 0.704. The Kier molecular flexibility index (Phi) is 5.50. The van der Waals surface area contributed by atoms with Crippen molar-refractivity contribution in [3.63, 3.8) is 0 Å². The summed E-state index contributed by atoms with van der Waals surface area (Å²) in [4.78, 5) is 13.8. The van der Waals surface area contributed by atoms with Crippen LogP contribution < -0.4 is 5.32 Å². The van der Waals surface area contributed by atoms with E-state index in [9.17, 15) is 0 Å². The molecule has 3 rings (SSSR count). The third kappa shape index (κ3) is 3.91. The summed E-state index contributed by atoms with van der Waals surface area (Å²) < 4.78 is 0. The average molecular weight is 375 g/mol. The molecule has 0 atom stereocenters. The molecule has 1 heterocycles. The molecule has 0 saturated carbocycles. The first-order valence-electron chi connectivity index (χ1n) is 9.79. The highest BCUT2D eigenvalue weighted by atomic mass is 15.2. The van der Waals surface area contributed by atoms with Crippen molar-refractivity contribution in [3.05, 3.63) is 74.4 Å². The third-order valence-corrected chi connectivity index (χ3v) is 6.04. The van der Waals surface area contributed by atoms with E-state index in [1.165, 1.54) is 44.5 Å². The van der Waals surface area contributed by atoms with E-state index in [2.05, 4.69) is 82.0 Å². The lowest BCUT2D eigenvalue weighted by Crippen LogP contribution is -2.08. The van der Waals surface area contributed by atoms with Crippen molar-refractivity contribution in [2.24, 2.45) is 0 Å². The van der Waals surface area contributed by atoms with Gasteiger partial charge < -0.3 is 5.32 Å². The Bertz CT molecular complexity index is 1050. The summed E-state index contributed by atoms with van der Waals surface area (Å²) in [5.41, 5.74) is 11.4. The Hall–Kier alpha value is -2.75. The van der Waals surface area contributed by atoms with Gasteiger partial charge in [0, 0.05) is 12.1 Å². The summed E-state index contributed by atoms with van der Waals surface area (Å²) in [6, 6.07) is 6.52. The molecule has 0 fully saturated rings. The number of nitrogens with one attached hydrogen (secondary N) is 1. The van der Waals surface area contributed by atoms with Gasteiger partial charge in [0.15, 0.2) is 0 Å². The number of aromatic nitrogens is 3. The van der Waals surface area contributed by atoms with Crippen LogP contribution in [0.1, 0.15) is 56.2 Å². The van der Waals surface area contributed by atoms with Crippen molar-refractivity contribution < 1.29 is 0 Å². The SMILES string of the molecule is Cc1nc(Cc2ccc(C)c(C)c2C)nc(Nc2cc(C)c(C)c(C)c2C)n1. The lowest BCUT2D eigenvalue weighted by atomic mass is 9.97. The van der Waals surface area contributed by atoms with Gasteiger partial charge in [-0.15, -0.1) is 0 Å². The van der Waals surface area contributed by atoms with Crippen molar-refractivity contribution >= 4 is 11.6 Å². The fourth-order valence-electron chi connectivity index (χ4n) is 3.51. The van der Waals surface area contributed by atoms with Crippen LogP contribution in [0.5, 0.6) is 0 Å². The lowest BCUT2D eigenvalue weighted by molar-refractivity contribution is 0.881. The van der Waals surface area contributed by atoms with E-state index in [1.54, 1.807) is 0 Å². The first-order valence-corrected chi connectivity index (χ1v) is 9.79. The highest BCUT2D eigenvalue weighted by Gasteiger charge is 2.12. The molecule has 0 amide bonds. The second-order valence-electron chi connectivity index (χ2n) is 7.83. The van der Waals surface area contributed by atoms with Crippen LogP contribution in [0.25, 0.3) is 0 Å². The van der Waals surface area contributed by atoms with Crippen LogP contribution in [0.3, 0.4) is 0 Å². The van der Waals surface area contributed by atoms with E-state index in [4.69, 9.17) is 4.98 Å². The monoisotopic (exact) mass is 374 g/mol.